The van der Waals surface area contributed by atoms with Crippen molar-refractivity contribution >= 4 is 10.9 Å². The minimum Gasteiger partial charge on any atom is -0.496 e. The van der Waals surface area contributed by atoms with Crippen molar-refractivity contribution in [3.63, 3.8) is 0 Å². The second kappa shape index (κ2) is 4.42. The van der Waals surface area contributed by atoms with Crippen LogP contribution in [0.5, 0.6) is 11.5 Å². The van der Waals surface area contributed by atoms with Crippen LogP contribution >= 0.6 is 0 Å². The Bertz CT molecular complexity index is 262. The summed E-state index contributed by atoms with van der Waals surface area (Å²) in [5.41, 5.74) is 0. The van der Waals surface area contributed by atoms with Crippen LogP contribution in [0.15, 0.2) is 23.1 Å². The molecule has 0 saturated carbocycles. The van der Waals surface area contributed by atoms with E-state index in [0.29, 0.717) is 0 Å². The van der Waals surface area contributed by atoms with Crippen LogP contribution in [0.2, 0.25) is 0 Å². The fourth-order valence-electron chi connectivity index (χ4n) is 1.02. The minimum atomic E-state index is 0.237. The van der Waals surface area contributed by atoms with E-state index in [1.54, 1.807) is 14.2 Å². The van der Waals surface area contributed by atoms with Gasteiger partial charge in [-0.1, -0.05) is 0 Å². The monoisotopic (exact) mass is 199 g/mol. The van der Waals surface area contributed by atoms with Gasteiger partial charge < -0.3 is 9.47 Å². The molecule has 0 unspecified atom stereocenters. The summed E-state index contributed by atoms with van der Waals surface area (Å²) in [7, 11) is 3.57. The largest absolute Gasteiger partial charge is 0.496 e. The predicted molar refractivity (Wildman–Crippen MR) is 57.0 cm³/mol. The minimum absolute atomic E-state index is 0.237. The highest BCUT2D eigenvalue weighted by atomic mass is 32.2. The van der Waals surface area contributed by atoms with Crippen molar-refractivity contribution in [1.29, 1.82) is 0 Å². The Morgan fingerprint density at radius 3 is 1.69 bits per heavy atom. The molecule has 0 heterocycles. The fraction of sp³-hybridized carbons (Fsp3) is 0.400. The quantitative estimate of drug-likeness (QED) is 0.693. The van der Waals surface area contributed by atoms with Crippen molar-refractivity contribution in [2.75, 3.05) is 26.7 Å². The van der Waals surface area contributed by atoms with Gasteiger partial charge in [0.2, 0.25) is 0 Å². The molecule has 13 heavy (non-hydrogen) atoms. The molecule has 2 nitrogen and oxygen atoms in total. The van der Waals surface area contributed by atoms with Crippen LogP contribution < -0.4 is 9.47 Å². The van der Waals surface area contributed by atoms with Crippen LogP contribution in [0.3, 0.4) is 0 Å². The summed E-state index contributed by atoms with van der Waals surface area (Å²) >= 11 is 0. The van der Waals surface area contributed by atoms with Gasteiger partial charge in [-0.15, -0.1) is 0 Å². The molecule has 0 bridgehead atoms. The molecule has 1 rings (SSSR count). The van der Waals surface area contributed by atoms with E-state index in [-0.39, 0.29) is 10.9 Å². The molecule has 0 aliphatic carbocycles. The molecule has 1 aromatic rings. The first-order valence-electron chi connectivity index (χ1n) is 3.98. The number of hydrogen-bond donors (Lipinski definition) is 0. The number of methoxy groups -OCH3 is 2. The molecular weight excluding hydrogens is 184 g/mol. The Hall–Kier alpha value is -0.830. The second-order valence-corrected chi connectivity index (χ2v) is 4.97. The van der Waals surface area contributed by atoms with Gasteiger partial charge in [-0.25, -0.2) is 0 Å². The average molecular weight is 199 g/mol. The predicted octanol–water partition coefficient (Wildman–Crippen LogP) is 1.94. The van der Waals surface area contributed by atoms with Gasteiger partial charge in [-0.3, -0.25) is 0 Å². The standard InChI is InChI=1S/C10H15O2S/c1-11-8-5-9(12-2)7-10(6-8)13(3)4/h5-7H,1-4H3/q+1. The van der Waals surface area contributed by atoms with Crippen molar-refractivity contribution in [3.05, 3.63) is 18.2 Å². The maximum Gasteiger partial charge on any atom is 0.161 e. The van der Waals surface area contributed by atoms with Crippen LogP contribution in [0.4, 0.5) is 0 Å². The molecule has 0 spiro atoms. The normalized spacial score (nSPS) is 10.2. The first-order chi connectivity index (χ1) is 6.17. The lowest BCUT2D eigenvalue weighted by molar-refractivity contribution is 0.392. The van der Waals surface area contributed by atoms with Crippen molar-refractivity contribution < 1.29 is 9.47 Å². The molecular formula is C10H15O2S+. The number of benzene rings is 1. The van der Waals surface area contributed by atoms with Gasteiger partial charge in [0.1, 0.15) is 24.0 Å². The maximum absolute atomic E-state index is 5.17. The van der Waals surface area contributed by atoms with Gasteiger partial charge in [0.25, 0.3) is 0 Å². The van der Waals surface area contributed by atoms with Gasteiger partial charge in [-0.05, 0) is 0 Å². The van der Waals surface area contributed by atoms with Crippen molar-refractivity contribution in [1.82, 2.24) is 0 Å². The van der Waals surface area contributed by atoms with Crippen molar-refractivity contribution in [3.8, 4) is 11.5 Å². The van der Waals surface area contributed by atoms with Gasteiger partial charge in [0.05, 0.1) is 14.2 Å². The van der Waals surface area contributed by atoms with Crippen LogP contribution in [0.25, 0.3) is 0 Å². The molecule has 3 heteroatoms. The molecule has 0 aromatic heterocycles. The fourth-order valence-corrected chi connectivity index (χ4v) is 1.72. The van der Waals surface area contributed by atoms with E-state index in [9.17, 15) is 0 Å². The molecule has 0 aliphatic heterocycles. The Morgan fingerprint density at radius 2 is 1.38 bits per heavy atom. The molecule has 0 saturated heterocycles. The van der Waals surface area contributed by atoms with E-state index < -0.39 is 0 Å². The maximum atomic E-state index is 5.17. The lowest BCUT2D eigenvalue weighted by atomic mass is 10.3. The summed E-state index contributed by atoms with van der Waals surface area (Å²) < 4.78 is 10.3. The van der Waals surface area contributed by atoms with E-state index >= 15 is 0 Å². The average Bonchev–Trinajstić information content (AvgIpc) is 2.16. The Balaban J connectivity index is 3.07. The van der Waals surface area contributed by atoms with Gasteiger partial charge in [0, 0.05) is 29.1 Å². The van der Waals surface area contributed by atoms with Crippen LogP contribution in [0.1, 0.15) is 0 Å². The molecule has 0 fully saturated rings. The number of rotatable bonds is 3. The third-order valence-corrected chi connectivity index (χ3v) is 2.97. The van der Waals surface area contributed by atoms with E-state index in [1.165, 1.54) is 4.90 Å². The first-order valence-corrected chi connectivity index (χ1v) is 6.02. The molecule has 0 atom stereocenters. The Kier molecular flexibility index (Phi) is 3.48. The van der Waals surface area contributed by atoms with E-state index in [1.807, 2.05) is 18.2 Å². The van der Waals surface area contributed by atoms with Crippen LogP contribution in [0, 0.1) is 0 Å². The summed E-state index contributed by atoms with van der Waals surface area (Å²) in [6, 6.07) is 5.98. The van der Waals surface area contributed by atoms with E-state index in [0.717, 1.165) is 11.5 Å². The van der Waals surface area contributed by atoms with E-state index in [2.05, 4.69) is 12.5 Å². The van der Waals surface area contributed by atoms with Gasteiger partial charge in [-0.2, -0.15) is 0 Å². The van der Waals surface area contributed by atoms with Crippen LogP contribution in [-0.2, 0) is 10.9 Å². The molecule has 72 valence electrons. The van der Waals surface area contributed by atoms with Gasteiger partial charge in [0.15, 0.2) is 4.90 Å². The Morgan fingerprint density at radius 1 is 0.923 bits per heavy atom. The zero-order valence-electron chi connectivity index (χ0n) is 8.46. The third-order valence-electron chi connectivity index (χ3n) is 1.80. The molecule has 0 N–H and O–H groups in total. The summed E-state index contributed by atoms with van der Waals surface area (Å²) in [6.45, 7) is 0. The molecule has 1 aromatic carbocycles. The number of ether oxygens (including phenoxy) is 2. The summed E-state index contributed by atoms with van der Waals surface area (Å²) in [5, 5.41) is 0. The zero-order chi connectivity index (χ0) is 9.84. The summed E-state index contributed by atoms with van der Waals surface area (Å²) in [4.78, 5) is 1.26. The highest BCUT2D eigenvalue weighted by Gasteiger charge is 2.11. The lowest BCUT2D eigenvalue weighted by Crippen LogP contribution is -1.97. The number of hydrogen-bond acceptors (Lipinski definition) is 2. The molecule has 0 aliphatic rings. The van der Waals surface area contributed by atoms with E-state index in [4.69, 9.17) is 9.47 Å². The topological polar surface area (TPSA) is 18.5 Å². The van der Waals surface area contributed by atoms with Crippen molar-refractivity contribution in [2.24, 2.45) is 0 Å². The van der Waals surface area contributed by atoms with Crippen LogP contribution in [-0.4, -0.2) is 26.7 Å². The highest BCUT2D eigenvalue weighted by molar-refractivity contribution is 7.95. The smallest absolute Gasteiger partial charge is 0.161 e. The zero-order valence-corrected chi connectivity index (χ0v) is 9.27. The third kappa shape index (κ3) is 2.56. The lowest BCUT2D eigenvalue weighted by Gasteiger charge is -2.05. The highest BCUT2D eigenvalue weighted by Crippen LogP contribution is 2.25. The van der Waals surface area contributed by atoms with Gasteiger partial charge >= 0.3 is 0 Å². The molecule has 0 radical (unpaired) electrons. The second-order valence-electron chi connectivity index (χ2n) is 2.86. The summed E-state index contributed by atoms with van der Waals surface area (Å²) in [5.74, 6) is 1.71. The Labute approximate surface area is 82.2 Å². The van der Waals surface area contributed by atoms with Crippen molar-refractivity contribution in [2.45, 2.75) is 4.90 Å². The summed E-state index contributed by atoms with van der Waals surface area (Å²) in [6.07, 6.45) is 4.35. The molecule has 0 amide bonds. The SMILES string of the molecule is COc1cc(OC)cc([S+](C)C)c1. The first kappa shape index (κ1) is 10.3.